The smallest absolute Gasteiger partial charge is 0.0813 e. The summed E-state index contributed by atoms with van der Waals surface area (Å²) in [6.45, 7) is 2.36. The lowest BCUT2D eigenvalue weighted by molar-refractivity contribution is 0.151. The Bertz CT molecular complexity index is 572. The lowest BCUT2D eigenvalue weighted by atomic mass is 10.2. The van der Waals surface area contributed by atoms with Gasteiger partial charge >= 0.3 is 0 Å². The Morgan fingerprint density at radius 3 is 2.71 bits per heavy atom. The largest absolute Gasteiger partial charge is 0.372 e. The van der Waals surface area contributed by atoms with Crippen molar-refractivity contribution < 1.29 is 4.74 Å². The lowest BCUT2D eigenvalue weighted by Gasteiger charge is -1.99. The fourth-order valence-corrected chi connectivity index (χ4v) is 3.01. The van der Waals surface area contributed by atoms with Crippen molar-refractivity contribution in [3.8, 4) is 0 Å². The van der Waals surface area contributed by atoms with Crippen molar-refractivity contribution in [1.29, 1.82) is 0 Å². The van der Waals surface area contributed by atoms with Crippen LogP contribution in [-0.4, -0.2) is 12.6 Å². The van der Waals surface area contributed by atoms with Gasteiger partial charge in [0.05, 0.1) is 13.2 Å². The zero-order valence-electron chi connectivity index (χ0n) is 12.1. The molecule has 1 aromatic carbocycles. The van der Waals surface area contributed by atoms with Gasteiger partial charge in [0, 0.05) is 22.3 Å². The molecule has 3 rings (SSSR count). The van der Waals surface area contributed by atoms with Crippen molar-refractivity contribution >= 4 is 17.4 Å². The quantitative estimate of drug-likeness (QED) is 0.737. The Labute approximate surface area is 130 Å². The third-order valence-electron chi connectivity index (χ3n) is 3.43. The van der Waals surface area contributed by atoms with Crippen molar-refractivity contribution in [3.63, 3.8) is 0 Å². The van der Waals surface area contributed by atoms with Gasteiger partial charge in [0.25, 0.3) is 0 Å². The van der Waals surface area contributed by atoms with Gasteiger partial charge in [0.1, 0.15) is 0 Å². The van der Waals surface area contributed by atoms with Crippen LogP contribution in [0.25, 0.3) is 6.08 Å². The van der Waals surface area contributed by atoms with Crippen LogP contribution in [-0.2, 0) is 17.9 Å². The topological polar surface area (TPSA) is 21.3 Å². The van der Waals surface area contributed by atoms with E-state index in [9.17, 15) is 0 Å². The molecular formula is C18H21NOS. The standard InChI is InChI=1S/C18H21NOS/c1-2-5-15(6-3-1)7-4-12-20-14-18-11-10-17(21-18)13-19-16-8-9-16/h1-7,10-11,16,19H,8-9,12-14H2/b7-4+. The van der Waals surface area contributed by atoms with Crippen LogP contribution in [0.2, 0.25) is 0 Å². The van der Waals surface area contributed by atoms with Gasteiger partial charge < -0.3 is 10.1 Å². The monoisotopic (exact) mass is 299 g/mol. The molecule has 1 fully saturated rings. The van der Waals surface area contributed by atoms with Crippen molar-refractivity contribution in [2.24, 2.45) is 0 Å². The molecule has 0 atom stereocenters. The van der Waals surface area contributed by atoms with E-state index in [1.807, 2.05) is 29.5 Å². The van der Waals surface area contributed by atoms with Crippen molar-refractivity contribution in [3.05, 3.63) is 63.9 Å². The van der Waals surface area contributed by atoms with Crippen LogP contribution < -0.4 is 5.32 Å². The maximum atomic E-state index is 5.70. The summed E-state index contributed by atoms with van der Waals surface area (Å²) in [4.78, 5) is 2.70. The second-order valence-electron chi connectivity index (χ2n) is 5.35. The molecule has 1 aliphatic rings. The Morgan fingerprint density at radius 1 is 1.10 bits per heavy atom. The van der Waals surface area contributed by atoms with Crippen molar-refractivity contribution in [2.75, 3.05) is 6.61 Å². The molecule has 0 spiro atoms. The molecule has 0 bridgehead atoms. The summed E-state index contributed by atoms with van der Waals surface area (Å²) in [5.74, 6) is 0. The van der Waals surface area contributed by atoms with Crippen LogP contribution >= 0.6 is 11.3 Å². The van der Waals surface area contributed by atoms with Crippen LogP contribution in [0.4, 0.5) is 0 Å². The number of thiophene rings is 1. The number of ether oxygens (including phenoxy) is 1. The average Bonchev–Trinajstić information content (AvgIpc) is 3.25. The van der Waals surface area contributed by atoms with Gasteiger partial charge in [-0.05, 0) is 30.5 Å². The molecule has 0 radical (unpaired) electrons. The zero-order chi connectivity index (χ0) is 14.3. The highest BCUT2D eigenvalue weighted by Gasteiger charge is 2.20. The number of benzene rings is 1. The molecule has 2 nitrogen and oxygen atoms in total. The van der Waals surface area contributed by atoms with Gasteiger partial charge in [0.15, 0.2) is 0 Å². The molecule has 0 saturated heterocycles. The van der Waals surface area contributed by atoms with E-state index in [1.165, 1.54) is 28.2 Å². The summed E-state index contributed by atoms with van der Waals surface area (Å²) in [7, 11) is 0. The summed E-state index contributed by atoms with van der Waals surface area (Å²) in [6, 6.07) is 15.5. The third-order valence-corrected chi connectivity index (χ3v) is 4.49. The molecule has 0 unspecified atom stereocenters. The van der Waals surface area contributed by atoms with Crippen LogP contribution in [0.3, 0.4) is 0 Å². The minimum Gasteiger partial charge on any atom is -0.372 e. The first-order valence-corrected chi connectivity index (χ1v) is 8.32. The zero-order valence-corrected chi connectivity index (χ0v) is 12.9. The molecule has 2 aromatic rings. The van der Waals surface area contributed by atoms with E-state index < -0.39 is 0 Å². The first-order valence-electron chi connectivity index (χ1n) is 7.50. The van der Waals surface area contributed by atoms with Gasteiger partial charge in [-0.1, -0.05) is 42.5 Å². The molecule has 1 aliphatic carbocycles. The molecule has 110 valence electrons. The third kappa shape index (κ3) is 5.12. The molecule has 1 aromatic heterocycles. The summed E-state index contributed by atoms with van der Waals surface area (Å²) in [6.07, 6.45) is 6.85. The van der Waals surface area contributed by atoms with Gasteiger partial charge in [-0.25, -0.2) is 0 Å². The number of hydrogen-bond donors (Lipinski definition) is 1. The van der Waals surface area contributed by atoms with Crippen LogP contribution in [0.5, 0.6) is 0 Å². The summed E-state index contributed by atoms with van der Waals surface area (Å²) < 4.78 is 5.70. The highest BCUT2D eigenvalue weighted by Crippen LogP contribution is 2.22. The normalized spacial score (nSPS) is 14.9. The first kappa shape index (κ1) is 14.5. The van der Waals surface area contributed by atoms with E-state index in [-0.39, 0.29) is 0 Å². The van der Waals surface area contributed by atoms with E-state index in [1.54, 1.807) is 0 Å². The molecule has 0 aliphatic heterocycles. The molecule has 0 amide bonds. The number of nitrogens with one attached hydrogen (secondary N) is 1. The SMILES string of the molecule is C(=C\c1ccccc1)/COCc1ccc(CNC2CC2)s1. The van der Waals surface area contributed by atoms with Crippen molar-refractivity contribution in [2.45, 2.75) is 32.0 Å². The van der Waals surface area contributed by atoms with Crippen molar-refractivity contribution in [1.82, 2.24) is 5.32 Å². The van der Waals surface area contributed by atoms with E-state index >= 15 is 0 Å². The van der Waals surface area contributed by atoms with Gasteiger partial charge in [-0.15, -0.1) is 11.3 Å². The van der Waals surface area contributed by atoms with Crippen LogP contribution in [0, 0.1) is 0 Å². The summed E-state index contributed by atoms with van der Waals surface area (Å²) in [5, 5.41) is 3.54. The summed E-state index contributed by atoms with van der Waals surface area (Å²) in [5.41, 5.74) is 1.21. The number of hydrogen-bond acceptors (Lipinski definition) is 3. The predicted octanol–water partition coefficient (Wildman–Crippen LogP) is 4.23. The first-order chi connectivity index (χ1) is 10.4. The average molecular weight is 299 g/mol. The Morgan fingerprint density at radius 2 is 1.90 bits per heavy atom. The van der Waals surface area contributed by atoms with Crippen LogP contribution in [0.15, 0.2) is 48.5 Å². The Kier molecular flexibility index (Phi) is 5.22. The van der Waals surface area contributed by atoms with Crippen LogP contribution in [0.1, 0.15) is 28.2 Å². The molecular weight excluding hydrogens is 278 g/mol. The summed E-state index contributed by atoms with van der Waals surface area (Å²) >= 11 is 1.85. The van der Waals surface area contributed by atoms with Gasteiger partial charge in [-0.2, -0.15) is 0 Å². The lowest BCUT2D eigenvalue weighted by Crippen LogP contribution is -2.14. The predicted molar refractivity (Wildman–Crippen MR) is 89.3 cm³/mol. The number of rotatable bonds is 8. The molecule has 3 heteroatoms. The van der Waals surface area contributed by atoms with E-state index in [2.05, 4.69) is 41.7 Å². The molecule has 21 heavy (non-hydrogen) atoms. The molecule has 1 N–H and O–H groups in total. The fourth-order valence-electron chi connectivity index (χ4n) is 2.10. The molecule has 1 heterocycles. The molecule has 1 saturated carbocycles. The van der Waals surface area contributed by atoms with Gasteiger partial charge in [0.2, 0.25) is 0 Å². The van der Waals surface area contributed by atoms with Gasteiger partial charge in [-0.3, -0.25) is 0 Å². The Hall–Kier alpha value is -1.42. The second kappa shape index (κ2) is 7.55. The maximum Gasteiger partial charge on any atom is 0.0813 e. The van der Waals surface area contributed by atoms with E-state index in [0.29, 0.717) is 13.2 Å². The highest BCUT2D eigenvalue weighted by molar-refractivity contribution is 7.11. The Balaban J connectivity index is 1.36. The second-order valence-corrected chi connectivity index (χ2v) is 6.60. The fraction of sp³-hybridized carbons (Fsp3) is 0.333. The van der Waals surface area contributed by atoms with E-state index in [4.69, 9.17) is 4.74 Å². The minimum atomic E-state index is 0.655. The maximum absolute atomic E-state index is 5.70. The van der Waals surface area contributed by atoms with E-state index in [0.717, 1.165) is 12.6 Å². The minimum absolute atomic E-state index is 0.655. The highest BCUT2D eigenvalue weighted by atomic mass is 32.1.